The average Bonchev–Trinajstić information content (AvgIpc) is 2.49. The van der Waals surface area contributed by atoms with Crippen molar-refractivity contribution in [1.82, 2.24) is 0 Å². The number of anilines is 2. The number of carbonyl (C=O) groups excluding carboxylic acids is 2. The van der Waals surface area contributed by atoms with Gasteiger partial charge in [0.15, 0.2) is 0 Å². The Morgan fingerprint density at radius 3 is 1.95 bits per heavy atom. The first-order chi connectivity index (χ1) is 10.1. The minimum atomic E-state index is -0.211. The van der Waals surface area contributed by atoms with Crippen molar-refractivity contribution in [3.63, 3.8) is 0 Å². The molecule has 0 aliphatic rings. The van der Waals surface area contributed by atoms with Crippen molar-refractivity contribution in [2.45, 2.75) is 13.3 Å². The number of halogens is 1. The number of carbonyl (C=O) groups is 2. The second-order valence-corrected chi connectivity index (χ2v) is 4.88. The second-order valence-electron chi connectivity index (χ2n) is 4.44. The zero-order valence-electron chi connectivity index (χ0n) is 11.5. The number of rotatable bonds is 4. The van der Waals surface area contributed by atoms with Crippen molar-refractivity contribution in [2.75, 3.05) is 10.6 Å². The van der Waals surface area contributed by atoms with Crippen molar-refractivity contribution in [2.24, 2.45) is 0 Å². The highest BCUT2D eigenvalue weighted by atomic mass is 35.5. The monoisotopic (exact) mass is 302 g/mol. The third-order valence-corrected chi connectivity index (χ3v) is 3.11. The Morgan fingerprint density at radius 1 is 0.905 bits per heavy atom. The molecule has 0 saturated carbocycles. The quantitative estimate of drug-likeness (QED) is 0.898. The fourth-order valence-corrected chi connectivity index (χ4v) is 1.82. The van der Waals surface area contributed by atoms with Crippen molar-refractivity contribution >= 4 is 34.8 Å². The normalized spacial score (nSPS) is 10.0. The third kappa shape index (κ3) is 4.33. The van der Waals surface area contributed by atoms with Crippen LogP contribution in [-0.2, 0) is 4.79 Å². The summed E-state index contributed by atoms with van der Waals surface area (Å²) in [6.07, 6.45) is 0.426. The summed E-state index contributed by atoms with van der Waals surface area (Å²) < 4.78 is 0. The van der Waals surface area contributed by atoms with Crippen LogP contribution in [0.25, 0.3) is 0 Å². The van der Waals surface area contributed by atoms with Gasteiger partial charge in [-0.2, -0.15) is 0 Å². The Morgan fingerprint density at radius 2 is 1.43 bits per heavy atom. The first kappa shape index (κ1) is 15.1. The SMILES string of the molecule is CCC(=O)Nc1ccc(NC(=O)c2ccc(Cl)cc2)cc1. The van der Waals surface area contributed by atoms with E-state index in [0.717, 1.165) is 0 Å². The smallest absolute Gasteiger partial charge is 0.255 e. The van der Waals surface area contributed by atoms with E-state index < -0.39 is 0 Å². The molecule has 0 aliphatic heterocycles. The largest absolute Gasteiger partial charge is 0.326 e. The van der Waals surface area contributed by atoms with E-state index in [9.17, 15) is 9.59 Å². The third-order valence-electron chi connectivity index (χ3n) is 2.85. The lowest BCUT2D eigenvalue weighted by molar-refractivity contribution is -0.115. The maximum Gasteiger partial charge on any atom is 0.255 e. The summed E-state index contributed by atoms with van der Waals surface area (Å²) in [5, 5.41) is 6.11. The number of nitrogens with one attached hydrogen (secondary N) is 2. The summed E-state index contributed by atoms with van der Waals surface area (Å²) in [7, 11) is 0. The topological polar surface area (TPSA) is 58.2 Å². The highest BCUT2D eigenvalue weighted by Crippen LogP contribution is 2.16. The molecule has 4 nitrogen and oxygen atoms in total. The molecule has 2 N–H and O–H groups in total. The van der Waals surface area contributed by atoms with Gasteiger partial charge in [-0.3, -0.25) is 9.59 Å². The van der Waals surface area contributed by atoms with Crippen molar-refractivity contribution in [3.05, 3.63) is 59.1 Å². The predicted octanol–water partition coefficient (Wildman–Crippen LogP) is 3.94. The van der Waals surface area contributed by atoms with Gasteiger partial charge in [0.1, 0.15) is 0 Å². The van der Waals surface area contributed by atoms with E-state index >= 15 is 0 Å². The lowest BCUT2D eigenvalue weighted by Crippen LogP contribution is -2.12. The van der Waals surface area contributed by atoms with Gasteiger partial charge in [0, 0.05) is 28.4 Å². The lowest BCUT2D eigenvalue weighted by Gasteiger charge is -2.07. The van der Waals surface area contributed by atoms with E-state index in [2.05, 4.69) is 10.6 Å². The fourth-order valence-electron chi connectivity index (χ4n) is 1.69. The van der Waals surface area contributed by atoms with Gasteiger partial charge < -0.3 is 10.6 Å². The number of hydrogen-bond acceptors (Lipinski definition) is 2. The standard InChI is InChI=1S/C16H15ClN2O2/c1-2-15(20)18-13-7-9-14(10-8-13)19-16(21)11-3-5-12(17)6-4-11/h3-10H,2H2,1H3,(H,18,20)(H,19,21). The Balaban J connectivity index is 2.01. The summed E-state index contributed by atoms with van der Waals surface area (Å²) in [5.74, 6) is -0.259. The molecule has 108 valence electrons. The molecule has 2 rings (SSSR count). The van der Waals surface area contributed by atoms with Crippen LogP contribution in [0.1, 0.15) is 23.7 Å². The molecule has 0 fully saturated rings. The Hall–Kier alpha value is -2.33. The highest BCUT2D eigenvalue weighted by molar-refractivity contribution is 6.30. The molecule has 2 amide bonds. The van der Waals surface area contributed by atoms with Crippen molar-refractivity contribution in [1.29, 1.82) is 0 Å². The van der Waals surface area contributed by atoms with Crippen LogP contribution in [0.15, 0.2) is 48.5 Å². The summed E-state index contributed by atoms with van der Waals surface area (Å²) in [6.45, 7) is 1.79. The predicted molar refractivity (Wildman–Crippen MR) is 84.8 cm³/mol. The number of benzene rings is 2. The summed E-state index contributed by atoms with van der Waals surface area (Å²) in [4.78, 5) is 23.3. The molecule has 0 heterocycles. The highest BCUT2D eigenvalue weighted by Gasteiger charge is 2.06. The van der Waals surface area contributed by atoms with E-state index in [4.69, 9.17) is 11.6 Å². The Kier molecular flexibility index (Phi) is 4.95. The molecular weight excluding hydrogens is 288 g/mol. The van der Waals surface area contributed by atoms with Gasteiger partial charge >= 0.3 is 0 Å². The van der Waals surface area contributed by atoms with Crippen molar-refractivity contribution in [3.8, 4) is 0 Å². The molecule has 2 aromatic rings. The van der Waals surface area contributed by atoms with Gasteiger partial charge in [-0.1, -0.05) is 18.5 Å². The van der Waals surface area contributed by atoms with E-state index in [1.165, 1.54) is 0 Å². The van der Waals surface area contributed by atoms with Crippen LogP contribution in [0.4, 0.5) is 11.4 Å². The molecular formula is C16H15ClN2O2. The van der Waals surface area contributed by atoms with Gasteiger partial charge in [-0.15, -0.1) is 0 Å². The molecule has 0 atom stereocenters. The van der Waals surface area contributed by atoms with Crippen LogP contribution >= 0.6 is 11.6 Å². The van der Waals surface area contributed by atoms with E-state index in [-0.39, 0.29) is 11.8 Å². The maximum absolute atomic E-state index is 12.0. The Labute approximate surface area is 128 Å². The van der Waals surface area contributed by atoms with Crippen molar-refractivity contribution < 1.29 is 9.59 Å². The van der Waals surface area contributed by atoms with Crippen LogP contribution in [0.5, 0.6) is 0 Å². The van der Waals surface area contributed by atoms with Gasteiger partial charge in [0.25, 0.3) is 5.91 Å². The van der Waals surface area contributed by atoms with Crippen LogP contribution in [0.3, 0.4) is 0 Å². The van der Waals surface area contributed by atoms with Gasteiger partial charge in [0.05, 0.1) is 0 Å². The van der Waals surface area contributed by atoms with Gasteiger partial charge in [0.2, 0.25) is 5.91 Å². The maximum atomic E-state index is 12.0. The number of hydrogen-bond donors (Lipinski definition) is 2. The zero-order chi connectivity index (χ0) is 15.2. The second kappa shape index (κ2) is 6.90. The number of amides is 2. The molecule has 0 aliphatic carbocycles. The first-order valence-electron chi connectivity index (χ1n) is 6.55. The first-order valence-corrected chi connectivity index (χ1v) is 6.93. The van der Waals surface area contributed by atoms with Gasteiger partial charge in [-0.05, 0) is 48.5 Å². The van der Waals surface area contributed by atoms with Gasteiger partial charge in [-0.25, -0.2) is 0 Å². The minimum Gasteiger partial charge on any atom is -0.326 e. The average molecular weight is 303 g/mol. The van der Waals surface area contributed by atoms with Crippen LogP contribution in [0.2, 0.25) is 5.02 Å². The molecule has 0 aromatic heterocycles. The van der Waals surface area contributed by atoms with E-state index in [1.54, 1.807) is 55.5 Å². The van der Waals surface area contributed by atoms with Crippen LogP contribution in [-0.4, -0.2) is 11.8 Å². The molecule has 2 aromatic carbocycles. The molecule has 0 radical (unpaired) electrons. The minimum absolute atomic E-state index is 0.0482. The molecule has 0 spiro atoms. The zero-order valence-corrected chi connectivity index (χ0v) is 12.3. The summed E-state index contributed by atoms with van der Waals surface area (Å²) in [5.41, 5.74) is 1.89. The van der Waals surface area contributed by atoms with Crippen LogP contribution in [0, 0.1) is 0 Å². The van der Waals surface area contributed by atoms with E-state index in [0.29, 0.717) is 28.4 Å². The molecule has 0 saturated heterocycles. The molecule has 0 bridgehead atoms. The van der Waals surface area contributed by atoms with Crippen LogP contribution < -0.4 is 10.6 Å². The van der Waals surface area contributed by atoms with E-state index in [1.807, 2.05) is 0 Å². The lowest BCUT2D eigenvalue weighted by atomic mass is 10.2. The molecule has 21 heavy (non-hydrogen) atoms. The summed E-state index contributed by atoms with van der Waals surface area (Å²) >= 11 is 5.78. The molecule has 0 unspecified atom stereocenters. The fraction of sp³-hybridized carbons (Fsp3) is 0.125. The Bertz CT molecular complexity index is 636. The summed E-state index contributed by atoms with van der Waals surface area (Å²) in [6, 6.07) is 13.6. The molecule has 5 heteroatoms.